The Kier molecular flexibility index (Phi) is 3.77. The quantitative estimate of drug-likeness (QED) is 0.836. The zero-order valence-electron chi connectivity index (χ0n) is 9.21. The van der Waals surface area contributed by atoms with Gasteiger partial charge in [0.1, 0.15) is 0 Å². The number of rotatable bonds is 4. The van der Waals surface area contributed by atoms with Crippen LogP contribution in [0.3, 0.4) is 0 Å². The molecule has 5 nitrogen and oxygen atoms in total. The predicted molar refractivity (Wildman–Crippen MR) is 63.7 cm³/mol. The van der Waals surface area contributed by atoms with Crippen molar-refractivity contribution in [3.05, 3.63) is 41.8 Å². The molecular weight excluding hydrogens is 238 g/mol. The summed E-state index contributed by atoms with van der Waals surface area (Å²) >= 11 is 1.37. The lowest BCUT2D eigenvalue weighted by Crippen LogP contribution is -2.22. The first-order chi connectivity index (χ1) is 8.29. The highest BCUT2D eigenvalue weighted by Gasteiger charge is 2.08. The fraction of sp³-hybridized carbons (Fsp3) is 0.182. The number of thioether (sulfide) groups is 1. The van der Waals surface area contributed by atoms with Crippen molar-refractivity contribution in [3.63, 3.8) is 0 Å². The second kappa shape index (κ2) is 5.49. The second-order valence-corrected chi connectivity index (χ2v) is 3.97. The molecule has 1 aromatic carbocycles. The van der Waals surface area contributed by atoms with Gasteiger partial charge in [0.05, 0.1) is 6.54 Å². The first-order valence-corrected chi connectivity index (χ1v) is 6.21. The Morgan fingerprint density at radius 3 is 2.76 bits per heavy atom. The summed E-state index contributed by atoms with van der Waals surface area (Å²) in [4.78, 5) is 11.7. The van der Waals surface area contributed by atoms with Gasteiger partial charge in [-0.1, -0.05) is 30.0 Å². The van der Waals surface area contributed by atoms with Crippen molar-refractivity contribution in [2.24, 2.45) is 0 Å². The van der Waals surface area contributed by atoms with E-state index in [1.54, 1.807) is 12.1 Å². The molecule has 1 N–H and O–H groups in total. The molecule has 17 heavy (non-hydrogen) atoms. The van der Waals surface area contributed by atoms with Crippen LogP contribution in [0.15, 0.2) is 40.0 Å². The van der Waals surface area contributed by atoms with Crippen LogP contribution in [0.25, 0.3) is 0 Å². The van der Waals surface area contributed by atoms with Gasteiger partial charge in [0.15, 0.2) is 0 Å². The van der Waals surface area contributed by atoms with Crippen LogP contribution in [0.2, 0.25) is 0 Å². The van der Waals surface area contributed by atoms with Crippen LogP contribution in [0.5, 0.6) is 0 Å². The van der Waals surface area contributed by atoms with Crippen LogP contribution in [-0.2, 0) is 6.54 Å². The molecule has 0 aliphatic rings. The van der Waals surface area contributed by atoms with Crippen LogP contribution in [0.4, 0.5) is 0 Å². The van der Waals surface area contributed by atoms with Crippen molar-refractivity contribution >= 4 is 17.7 Å². The number of carbonyl (C=O) groups excluding carboxylic acids is 1. The van der Waals surface area contributed by atoms with Crippen molar-refractivity contribution < 1.29 is 9.21 Å². The van der Waals surface area contributed by atoms with E-state index in [-0.39, 0.29) is 12.5 Å². The van der Waals surface area contributed by atoms with Crippen molar-refractivity contribution in [3.8, 4) is 0 Å². The number of hydrogen-bond donors (Lipinski definition) is 1. The number of benzene rings is 1. The molecule has 0 aliphatic carbocycles. The van der Waals surface area contributed by atoms with Crippen molar-refractivity contribution in [1.82, 2.24) is 15.5 Å². The minimum absolute atomic E-state index is 0.158. The molecule has 2 aromatic rings. The van der Waals surface area contributed by atoms with E-state index in [9.17, 15) is 4.79 Å². The van der Waals surface area contributed by atoms with Gasteiger partial charge >= 0.3 is 0 Å². The van der Waals surface area contributed by atoms with E-state index in [1.807, 2.05) is 24.5 Å². The third-order valence-electron chi connectivity index (χ3n) is 2.06. The van der Waals surface area contributed by atoms with Gasteiger partial charge in [-0.3, -0.25) is 4.79 Å². The van der Waals surface area contributed by atoms with E-state index in [4.69, 9.17) is 4.42 Å². The molecular formula is C11H11N3O2S. The van der Waals surface area contributed by atoms with Crippen LogP contribution in [0.1, 0.15) is 16.2 Å². The highest BCUT2D eigenvalue weighted by Crippen LogP contribution is 2.11. The normalized spacial score (nSPS) is 10.2. The van der Waals surface area contributed by atoms with Gasteiger partial charge in [0, 0.05) is 5.56 Å². The van der Waals surface area contributed by atoms with Crippen LogP contribution < -0.4 is 5.32 Å². The SMILES string of the molecule is CSc1nnc(CNC(=O)c2ccccc2)o1. The first-order valence-electron chi connectivity index (χ1n) is 4.99. The minimum atomic E-state index is -0.158. The highest BCUT2D eigenvalue weighted by molar-refractivity contribution is 7.98. The maximum Gasteiger partial charge on any atom is 0.276 e. The average Bonchev–Trinajstić information content (AvgIpc) is 2.85. The van der Waals surface area contributed by atoms with E-state index >= 15 is 0 Å². The summed E-state index contributed by atoms with van der Waals surface area (Å²) < 4.78 is 5.25. The number of nitrogens with zero attached hydrogens (tertiary/aromatic N) is 2. The molecule has 6 heteroatoms. The van der Waals surface area contributed by atoms with Gasteiger partial charge in [-0.25, -0.2) is 0 Å². The molecule has 0 saturated heterocycles. The van der Waals surface area contributed by atoms with E-state index < -0.39 is 0 Å². The Labute approximate surface area is 103 Å². The maximum absolute atomic E-state index is 11.7. The number of hydrogen-bond acceptors (Lipinski definition) is 5. The number of aromatic nitrogens is 2. The van der Waals surface area contributed by atoms with E-state index in [1.165, 1.54) is 11.8 Å². The number of nitrogens with one attached hydrogen (secondary N) is 1. The molecule has 0 fully saturated rings. The van der Waals surface area contributed by atoms with E-state index in [0.29, 0.717) is 16.7 Å². The maximum atomic E-state index is 11.7. The first kappa shape index (κ1) is 11.7. The highest BCUT2D eigenvalue weighted by atomic mass is 32.2. The number of carbonyl (C=O) groups is 1. The summed E-state index contributed by atoms with van der Waals surface area (Å²) in [6, 6.07) is 8.98. The lowest BCUT2D eigenvalue weighted by molar-refractivity contribution is 0.0946. The monoisotopic (exact) mass is 249 g/mol. The average molecular weight is 249 g/mol. The molecule has 0 radical (unpaired) electrons. The largest absolute Gasteiger partial charge is 0.414 e. The summed E-state index contributed by atoms with van der Waals surface area (Å²) in [6.45, 7) is 0.237. The Hall–Kier alpha value is -1.82. The van der Waals surface area contributed by atoms with Crippen molar-refractivity contribution in [2.75, 3.05) is 6.26 Å². The summed E-state index contributed by atoms with van der Waals surface area (Å²) in [7, 11) is 0. The van der Waals surface area contributed by atoms with Gasteiger partial charge in [-0.05, 0) is 18.4 Å². The van der Waals surface area contributed by atoms with Gasteiger partial charge in [0.25, 0.3) is 11.1 Å². The van der Waals surface area contributed by atoms with Crippen LogP contribution in [-0.4, -0.2) is 22.4 Å². The Balaban J connectivity index is 1.92. The molecule has 0 saturated carbocycles. The molecule has 0 aliphatic heterocycles. The van der Waals surface area contributed by atoms with Gasteiger partial charge in [0.2, 0.25) is 5.89 Å². The third-order valence-corrected chi connectivity index (χ3v) is 2.57. The summed E-state index contributed by atoms with van der Waals surface area (Å²) in [5, 5.41) is 10.8. The molecule has 1 heterocycles. The lowest BCUT2D eigenvalue weighted by atomic mass is 10.2. The fourth-order valence-electron chi connectivity index (χ4n) is 1.24. The predicted octanol–water partition coefficient (Wildman–Crippen LogP) is 1.72. The van der Waals surface area contributed by atoms with Crippen LogP contribution >= 0.6 is 11.8 Å². The molecule has 1 aromatic heterocycles. The van der Waals surface area contributed by atoms with E-state index in [0.717, 1.165) is 0 Å². The molecule has 0 spiro atoms. The standard InChI is InChI=1S/C11H11N3O2S/c1-17-11-14-13-9(16-11)7-12-10(15)8-5-3-2-4-6-8/h2-6H,7H2,1H3,(H,12,15). The Morgan fingerprint density at radius 1 is 1.35 bits per heavy atom. The summed E-state index contributed by atoms with van der Waals surface area (Å²) in [5.41, 5.74) is 0.608. The molecule has 2 rings (SSSR count). The molecule has 0 atom stereocenters. The summed E-state index contributed by atoms with van der Waals surface area (Å²) in [6.07, 6.45) is 1.85. The Morgan fingerprint density at radius 2 is 2.12 bits per heavy atom. The van der Waals surface area contributed by atoms with Gasteiger partial charge in [-0.2, -0.15) is 0 Å². The molecule has 88 valence electrons. The Bertz CT molecular complexity index is 498. The minimum Gasteiger partial charge on any atom is -0.414 e. The molecule has 0 unspecified atom stereocenters. The summed E-state index contributed by atoms with van der Waals surface area (Å²) in [5.74, 6) is 0.244. The second-order valence-electron chi connectivity index (χ2n) is 3.21. The van der Waals surface area contributed by atoms with Crippen molar-refractivity contribution in [2.45, 2.75) is 11.8 Å². The zero-order valence-corrected chi connectivity index (χ0v) is 10.0. The molecule has 1 amide bonds. The zero-order chi connectivity index (χ0) is 12.1. The van der Waals surface area contributed by atoms with Gasteiger partial charge in [-0.15, -0.1) is 10.2 Å². The molecule has 0 bridgehead atoms. The van der Waals surface area contributed by atoms with Crippen LogP contribution in [0, 0.1) is 0 Å². The third kappa shape index (κ3) is 3.07. The van der Waals surface area contributed by atoms with Gasteiger partial charge < -0.3 is 9.73 Å². The number of amides is 1. The van der Waals surface area contributed by atoms with Crippen molar-refractivity contribution in [1.29, 1.82) is 0 Å². The fourth-order valence-corrected chi connectivity index (χ4v) is 1.54. The smallest absolute Gasteiger partial charge is 0.276 e. The lowest BCUT2D eigenvalue weighted by Gasteiger charge is -2.01. The van der Waals surface area contributed by atoms with E-state index in [2.05, 4.69) is 15.5 Å². The topological polar surface area (TPSA) is 68.0 Å².